The minimum absolute atomic E-state index is 0.0979. The second-order valence-corrected chi connectivity index (χ2v) is 6.07. The summed E-state index contributed by atoms with van der Waals surface area (Å²) in [6.45, 7) is 4.10. The fourth-order valence-corrected chi connectivity index (χ4v) is 3.72. The second kappa shape index (κ2) is 5.20. The summed E-state index contributed by atoms with van der Waals surface area (Å²) < 4.78 is 0. The Balaban J connectivity index is 1.74. The number of allylic oxidation sites excluding steroid dienone is 1. The van der Waals surface area contributed by atoms with Gasteiger partial charge in [-0.3, -0.25) is 9.59 Å². The third-order valence-electron chi connectivity index (χ3n) is 4.87. The van der Waals surface area contributed by atoms with Crippen molar-refractivity contribution < 1.29 is 9.59 Å². The Labute approximate surface area is 135 Å². The molecule has 1 aliphatic carbocycles. The Bertz CT molecular complexity index is 837. The number of hydrogen-bond donors (Lipinski definition) is 0. The van der Waals surface area contributed by atoms with E-state index in [1.807, 2.05) is 24.3 Å². The first-order valence-corrected chi connectivity index (χ1v) is 7.88. The lowest BCUT2D eigenvalue weighted by Gasteiger charge is -2.20. The number of benzene rings is 2. The van der Waals surface area contributed by atoms with Gasteiger partial charge in [0.05, 0.1) is 0 Å². The highest BCUT2D eigenvalue weighted by Crippen LogP contribution is 2.42. The van der Waals surface area contributed by atoms with Gasteiger partial charge in [0.1, 0.15) is 5.92 Å². The molecular weight excluding hydrogens is 286 g/mol. The highest BCUT2D eigenvalue weighted by Gasteiger charge is 2.37. The van der Waals surface area contributed by atoms with Crippen molar-refractivity contribution in [2.45, 2.75) is 12.8 Å². The first-order chi connectivity index (χ1) is 11.2. The highest BCUT2D eigenvalue weighted by atomic mass is 16.2. The minimum Gasteiger partial charge on any atom is -0.311 e. The SMILES string of the molecule is C=CC(=O)C1CCN(c2cccc3c2Cc2ccccc2-3)C1=O. The summed E-state index contributed by atoms with van der Waals surface area (Å²) in [4.78, 5) is 26.3. The molecule has 114 valence electrons. The first kappa shape index (κ1) is 13.9. The molecule has 3 nitrogen and oxygen atoms in total. The number of fused-ring (bicyclic) bond motifs is 3. The number of nitrogens with zero attached hydrogens (tertiary/aromatic N) is 1. The molecule has 1 aliphatic heterocycles. The van der Waals surface area contributed by atoms with E-state index in [1.165, 1.54) is 28.3 Å². The summed E-state index contributed by atoms with van der Waals surface area (Å²) in [6, 6.07) is 14.4. The fourth-order valence-electron chi connectivity index (χ4n) is 3.72. The topological polar surface area (TPSA) is 37.4 Å². The Morgan fingerprint density at radius 1 is 1.13 bits per heavy atom. The zero-order valence-corrected chi connectivity index (χ0v) is 12.8. The summed E-state index contributed by atoms with van der Waals surface area (Å²) in [5, 5.41) is 0. The number of anilines is 1. The fraction of sp³-hybridized carbons (Fsp3) is 0.200. The smallest absolute Gasteiger partial charge is 0.237 e. The van der Waals surface area contributed by atoms with Gasteiger partial charge >= 0.3 is 0 Å². The van der Waals surface area contributed by atoms with Crippen LogP contribution >= 0.6 is 0 Å². The van der Waals surface area contributed by atoms with Crippen LogP contribution in [0.3, 0.4) is 0 Å². The quantitative estimate of drug-likeness (QED) is 0.549. The minimum atomic E-state index is -0.563. The van der Waals surface area contributed by atoms with Crippen molar-refractivity contribution in [1.29, 1.82) is 0 Å². The van der Waals surface area contributed by atoms with Gasteiger partial charge in [-0.05, 0) is 40.8 Å². The van der Waals surface area contributed by atoms with Crippen LogP contribution in [0.4, 0.5) is 5.69 Å². The van der Waals surface area contributed by atoms with Gasteiger partial charge < -0.3 is 4.90 Å². The molecule has 0 spiro atoms. The van der Waals surface area contributed by atoms with Gasteiger partial charge in [0, 0.05) is 18.7 Å². The lowest BCUT2D eigenvalue weighted by Crippen LogP contribution is -2.30. The maximum Gasteiger partial charge on any atom is 0.237 e. The summed E-state index contributed by atoms with van der Waals surface area (Å²) in [6.07, 6.45) is 2.67. The van der Waals surface area contributed by atoms with Crippen LogP contribution in [0.5, 0.6) is 0 Å². The standard InChI is InChI=1S/C20H17NO2/c1-2-19(22)16-10-11-21(20(16)23)18-9-5-8-15-14-7-4-3-6-13(14)12-17(15)18/h2-9,16H,1,10-12H2. The molecule has 0 radical (unpaired) electrons. The van der Waals surface area contributed by atoms with Crippen LogP contribution in [0.25, 0.3) is 11.1 Å². The molecule has 0 aromatic heterocycles. The molecule has 3 heteroatoms. The van der Waals surface area contributed by atoms with E-state index in [9.17, 15) is 9.59 Å². The number of ketones is 1. The lowest BCUT2D eigenvalue weighted by atomic mass is 10.0. The molecule has 0 bridgehead atoms. The molecule has 0 N–H and O–H groups in total. The molecule has 1 fully saturated rings. The van der Waals surface area contributed by atoms with Gasteiger partial charge in [-0.15, -0.1) is 0 Å². The number of carbonyl (C=O) groups is 2. The van der Waals surface area contributed by atoms with Crippen LogP contribution in [0, 0.1) is 5.92 Å². The van der Waals surface area contributed by atoms with E-state index in [0.29, 0.717) is 13.0 Å². The van der Waals surface area contributed by atoms with Crippen LogP contribution in [0.1, 0.15) is 17.5 Å². The van der Waals surface area contributed by atoms with Crippen molar-refractivity contribution in [2.75, 3.05) is 11.4 Å². The summed E-state index contributed by atoms with van der Waals surface area (Å²) in [5.41, 5.74) is 5.87. The molecule has 2 aromatic carbocycles. The van der Waals surface area contributed by atoms with E-state index < -0.39 is 5.92 Å². The molecule has 0 saturated carbocycles. The third-order valence-corrected chi connectivity index (χ3v) is 4.87. The maximum absolute atomic E-state index is 12.6. The van der Waals surface area contributed by atoms with Crippen LogP contribution in [-0.4, -0.2) is 18.2 Å². The van der Waals surface area contributed by atoms with Gasteiger partial charge in [0.2, 0.25) is 5.91 Å². The molecule has 2 aliphatic rings. The molecular formula is C20H17NO2. The zero-order valence-electron chi connectivity index (χ0n) is 12.8. The van der Waals surface area contributed by atoms with Crippen molar-refractivity contribution in [2.24, 2.45) is 5.92 Å². The average molecular weight is 303 g/mol. The van der Waals surface area contributed by atoms with E-state index in [2.05, 4.69) is 24.8 Å². The van der Waals surface area contributed by atoms with Gasteiger partial charge in [-0.25, -0.2) is 0 Å². The highest BCUT2D eigenvalue weighted by molar-refractivity contribution is 6.14. The largest absolute Gasteiger partial charge is 0.311 e. The Morgan fingerprint density at radius 3 is 2.74 bits per heavy atom. The number of amides is 1. The van der Waals surface area contributed by atoms with E-state index >= 15 is 0 Å². The van der Waals surface area contributed by atoms with E-state index in [-0.39, 0.29) is 11.7 Å². The monoisotopic (exact) mass is 303 g/mol. The van der Waals surface area contributed by atoms with Crippen LogP contribution in [0.15, 0.2) is 55.1 Å². The van der Waals surface area contributed by atoms with Crippen LogP contribution < -0.4 is 4.90 Å². The maximum atomic E-state index is 12.6. The Morgan fingerprint density at radius 2 is 1.91 bits per heavy atom. The van der Waals surface area contributed by atoms with Gasteiger partial charge in [0.15, 0.2) is 5.78 Å². The predicted octanol–water partition coefficient (Wildman–Crippen LogP) is 3.37. The van der Waals surface area contributed by atoms with Gasteiger partial charge in [-0.2, -0.15) is 0 Å². The summed E-state index contributed by atoms with van der Waals surface area (Å²) >= 11 is 0. The molecule has 23 heavy (non-hydrogen) atoms. The normalized spacial score (nSPS) is 18.7. The molecule has 1 saturated heterocycles. The number of rotatable bonds is 3. The molecule has 4 rings (SSSR count). The molecule has 1 amide bonds. The average Bonchev–Trinajstić information content (AvgIpc) is 3.14. The van der Waals surface area contributed by atoms with E-state index in [0.717, 1.165) is 12.1 Å². The van der Waals surface area contributed by atoms with Gasteiger partial charge in [0.25, 0.3) is 0 Å². The first-order valence-electron chi connectivity index (χ1n) is 7.88. The lowest BCUT2D eigenvalue weighted by molar-refractivity contribution is -0.128. The second-order valence-electron chi connectivity index (χ2n) is 6.07. The third kappa shape index (κ3) is 2.04. The molecule has 1 unspecified atom stereocenters. The number of hydrogen-bond acceptors (Lipinski definition) is 2. The number of carbonyl (C=O) groups excluding carboxylic acids is 2. The zero-order chi connectivity index (χ0) is 16.0. The van der Waals surface area contributed by atoms with Crippen LogP contribution in [0.2, 0.25) is 0 Å². The molecule has 2 aromatic rings. The summed E-state index contributed by atoms with van der Waals surface area (Å²) in [7, 11) is 0. The van der Waals surface area contributed by atoms with Crippen molar-refractivity contribution in [1.82, 2.24) is 0 Å². The van der Waals surface area contributed by atoms with E-state index in [4.69, 9.17) is 0 Å². The van der Waals surface area contributed by atoms with Gasteiger partial charge in [-0.1, -0.05) is 43.0 Å². The van der Waals surface area contributed by atoms with Crippen molar-refractivity contribution in [3.63, 3.8) is 0 Å². The molecule has 1 heterocycles. The van der Waals surface area contributed by atoms with Crippen molar-refractivity contribution in [3.8, 4) is 11.1 Å². The van der Waals surface area contributed by atoms with E-state index in [1.54, 1.807) is 4.90 Å². The van der Waals surface area contributed by atoms with Crippen molar-refractivity contribution >= 4 is 17.4 Å². The Kier molecular flexibility index (Phi) is 3.15. The van der Waals surface area contributed by atoms with Crippen molar-refractivity contribution in [3.05, 3.63) is 66.2 Å². The summed E-state index contributed by atoms with van der Waals surface area (Å²) in [5.74, 6) is -0.834. The Hall–Kier alpha value is -2.68. The van der Waals surface area contributed by atoms with Crippen LogP contribution in [-0.2, 0) is 16.0 Å². The predicted molar refractivity (Wildman–Crippen MR) is 90.3 cm³/mol. The molecule has 1 atom stereocenters.